The highest BCUT2D eigenvalue weighted by Crippen LogP contribution is 2.19. The standard InChI is InChI=1S/C12H13N5O3/c1-17-12(14-15-16-17)8-3-2-4-9(7-8)13-10(18)5-6-11(19)20/h2-4,7H,5-6H2,1H3,(H,13,18)(H,19,20). The minimum atomic E-state index is -1.00. The Morgan fingerprint density at radius 3 is 2.80 bits per heavy atom. The maximum Gasteiger partial charge on any atom is 0.303 e. The van der Waals surface area contributed by atoms with Crippen LogP contribution in [-0.4, -0.2) is 37.2 Å². The molecule has 0 aliphatic rings. The first kappa shape index (κ1) is 13.7. The molecule has 0 unspecified atom stereocenters. The van der Waals surface area contributed by atoms with Crippen molar-refractivity contribution in [3.8, 4) is 11.4 Å². The van der Waals surface area contributed by atoms with Crippen LogP contribution in [0.1, 0.15) is 12.8 Å². The third-order valence-electron chi connectivity index (χ3n) is 2.59. The quantitative estimate of drug-likeness (QED) is 0.830. The highest BCUT2D eigenvalue weighted by Gasteiger charge is 2.09. The molecular weight excluding hydrogens is 262 g/mol. The van der Waals surface area contributed by atoms with E-state index < -0.39 is 5.97 Å². The summed E-state index contributed by atoms with van der Waals surface area (Å²) in [5.74, 6) is -0.772. The molecule has 0 fully saturated rings. The van der Waals surface area contributed by atoms with Gasteiger partial charge in [0.2, 0.25) is 5.91 Å². The Morgan fingerprint density at radius 2 is 2.15 bits per heavy atom. The van der Waals surface area contributed by atoms with Gasteiger partial charge in [-0.25, -0.2) is 4.68 Å². The van der Waals surface area contributed by atoms with Crippen molar-refractivity contribution in [1.82, 2.24) is 20.2 Å². The number of rotatable bonds is 5. The summed E-state index contributed by atoms with van der Waals surface area (Å²) in [6.45, 7) is 0. The molecule has 1 aromatic carbocycles. The summed E-state index contributed by atoms with van der Waals surface area (Å²) >= 11 is 0. The Morgan fingerprint density at radius 1 is 1.35 bits per heavy atom. The number of carboxylic acids is 1. The van der Waals surface area contributed by atoms with E-state index in [4.69, 9.17) is 5.11 Å². The SMILES string of the molecule is Cn1nnnc1-c1cccc(NC(=O)CCC(=O)O)c1. The monoisotopic (exact) mass is 275 g/mol. The van der Waals surface area contributed by atoms with Gasteiger partial charge in [0.05, 0.1) is 6.42 Å². The number of amides is 1. The molecule has 0 radical (unpaired) electrons. The number of aromatic nitrogens is 4. The maximum absolute atomic E-state index is 11.6. The second kappa shape index (κ2) is 5.91. The minimum absolute atomic E-state index is 0.0644. The average Bonchev–Trinajstić information content (AvgIpc) is 2.83. The number of anilines is 1. The third kappa shape index (κ3) is 3.37. The average molecular weight is 275 g/mol. The summed E-state index contributed by atoms with van der Waals surface area (Å²) in [7, 11) is 1.72. The zero-order chi connectivity index (χ0) is 14.5. The molecule has 0 spiro atoms. The Hall–Kier alpha value is -2.77. The zero-order valence-electron chi connectivity index (χ0n) is 10.8. The molecule has 20 heavy (non-hydrogen) atoms. The Kier molecular flexibility index (Phi) is 4.04. The first-order valence-electron chi connectivity index (χ1n) is 5.90. The largest absolute Gasteiger partial charge is 0.481 e. The van der Waals surface area contributed by atoms with Gasteiger partial charge >= 0.3 is 5.97 Å². The van der Waals surface area contributed by atoms with Crippen LogP contribution in [0.2, 0.25) is 0 Å². The van der Waals surface area contributed by atoms with Gasteiger partial charge in [0, 0.05) is 24.7 Å². The second-order valence-electron chi connectivity index (χ2n) is 4.15. The van der Waals surface area contributed by atoms with Crippen molar-refractivity contribution in [1.29, 1.82) is 0 Å². The van der Waals surface area contributed by atoms with E-state index in [1.165, 1.54) is 4.68 Å². The number of carboxylic acid groups (broad SMARTS) is 1. The molecule has 1 heterocycles. The Bertz CT molecular complexity index is 638. The summed E-state index contributed by atoms with van der Waals surface area (Å²) in [5.41, 5.74) is 1.33. The van der Waals surface area contributed by atoms with Gasteiger partial charge in [0.25, 0.3) is 0 Å². The Balaban J connectivity index is 2.09. The molecule has 0 bridgehead atoms. The number of carbonyl (C=O) groups is 2. The Labute approximate surface area is 114 Å². The number of nitrogens with zero attached hydrogens (tertiary/aromatic N) is 4. The van der Waals surface area contributed by atoms with Gasteiger partial charge in [-0.1, -0.05) is 12.1 Å². The fourth-order valence-corrected chi connectivity index (χ4v) is 1.65. The van der Waals surface area contributed by atoms with Gasteiger partial charge < -0.3 is 10.4 Å². The summed E-state index contributed by atoms with van der Waals surface area (Å²) in [5, 5.41) is 22.3. The molecule has 2 aromatic rings. The highest BCUT2D eigenvalue weighted by molar-refractivity contribution is 5.92. The molecule has 1 amide bonds. The number of nitrogens with one attached hydrogen (secondary N) is 1. The molecule has 8 nitrogen and oxygen atoms in total. The molecule has 0 aliphatic carbocycles. The predicted octanol–water partition coefficient (Wildman–Crippen LogP) is 0.680. The third-order valence-corrected chi connectivity index (χ3v) is 2.59. The molecular formula is C12H13N5O3. The summed E-state index contributed by atoms with van der Waals surface area (Å²) < 4.78 is 1.52. The summed E-state index contributed by atoms with van der Waals surface area (Å²) in [6, 6.07) is 7.02. The number of aliphatic carboxylic acids is 1. The lowest BCUT2D eigenvalue weighted by Gasteiger charge is -2.06. The van der Waals surface area contributed by atoms with Crippen LogP contribution < -0.4 is 5.32 Å². The van der Waals surface area contributed by atoms with Crippen molar-refractivity contribution in [2.45, 2.75) is 12.8 Å². The van der Waals surface area contributed by atoms with E-state index in [2.05, 4.69) is 20.8 Å². The van der Waals surface area contributed by atoms with Crippen LogP contribution in [0.4, 0.5) is 5.69 Å². The zero-order valence-corrected chi connectivity index (χ0v) is 10.8. The first-order chi connectivity index (χ1) is 9.56. The van der Waals surface area contributed by atoms with Crippen LogP contribution in [0, 0.1) is 0 Å². The van der Waals surface area contributed by atoms with E-state index >= 15 is 0 Å². The number of hydrogen-bond acceptors (Lipinski definition) is 5. The first-order valence-corrected chi connectivity index (χ1v) is 5.90. The van der Waals surface area contributed by atoms with Gasteiger partial charge in [-0.15, -0.1) is 5.10 Å². The fraction of sp³-hybridized carbons (Fsp3) is 0.250. The number of aryl methyl sites for hydroxylation is 1. The van der Waals surface area contributed by atoms with Crippen molar-refractivity contribution in [3.05, 3.63) is 24.3 Å². The molecule has 2 N–H and O–H groups in total. The molecule has 0 aliphatic heterocycles. The van der Waals surface area contributed by atoms with Crippen molar-refractivity contribution in [3.63, 3.8) is 0 Å². The van der Waals surface area contributed by atoms with Crippen molar-refractivity contribution < 1.29 is 14.7 Å². The molecule has 2 rings (SSSR count). The number of hydrogen-bond donors (Lipinski definition) is 2. The number of benzene rings is 1. The molecule has 104 valence electrons. The summed E-state index contributed by atoms with van der Waals surface area (Å²) in [4.78, 5) is 22.0. The number of tetrazole rings is 1. The van der Waals surface area contributed by atoms with Crippen LogP contribution in [-0.2, 0) is 16.6 Å². The van der Waals surface area contributed by atoms with E-state index in [1.54, 1.807) is 25.2 Å². The van der Waals surface area contributed by atoms with E-state index in [-0.39, 0.29) is 18.7 Å². The fourth-order valence-electron chi connectivity index (χ4n) is 1.65. The van der Waals surface area contributed by atoms with Gasteiger partial charge in [-0.05, 0) is 22.6 Å². The lowest BCUT2D eigenvalue weighted by Crippen LogP contribution is -2.13. The van der Waals surface area contributed by atoms with Crippen molar-refractivity contribution in [2.24, 2.45) is 7.05 Å². The van der Waals surface area contributed by atoms with E-state index in [0.717, 1.165) is 5.56 Å². The van der Waals surface area contributed by atoms with Crippen LogP contribution in [0.5, 0.6) is 0 Å². The van der Waals surface area contributed by atoms with Crippen LogP contribution in [0.15, 0.2) is 24.3 Å². The van der Waals surface area contributed by atoms with Crippen molar-refractivity contribution in [2.75, 3.05) is 5.32 Å². The van der Waals surface area contributed by atoms with Gasteiger partial charge in [-0.2, -0.15) is 0 Å². The lowest BCUT2D eigenvalue weighted by molar-refractivity contribution is -0.138. The van der Waals surface area contributed by atoms with Crippen LogP contribution in [0.3, 0.4) is 0 Å². The van der Waals surface area contributed by atoms with Gasteiger partial charge in [0.15, 0.2) is 5.82 Å². The summed E-state index contributed by atoms with van der Waals surface area (Å²) in [6.07, 6.45) is -0.260. The second-order valence-corrected chi connectivity index (χ2v) is 4.15. The van der Waals surface area contributed by atoms with Gasteiger partial charge in [-0.3, -0.25) is 9.59 Å². The maximum atomic E-state index is 11.6. The molecule has 0 atom stereocenters. The highest BCUT2D eigenvalue weighted by atomic mass is 16.4. The normalized spacial score (nSPS) is 10.2. The smallest absolute Gasteiger partial charge is 0.303 e. The van der Waals surface area contributed by atoms with Crippen LogP contribution >= 0.6 is 0 Å². The van der Waals surface area contributed by atoms with E-state index in [0.29, 0.717) is 11.5 Å². The van der Waals surface area contributed by atoms with Crippen molar-refractivity contribution >= 4 is 17.6 Å². The number of carbonyl (C=O) groups excluding carboxylic acids is 1. The molecule has 8 heteroatoms. The molecule has 0 saturated carbocycles. The lowest BCUT2D eigenvalue weighted by atomic mass is 10.2. The predicted molar refractivity (Wildman–Crippen MR) is 69.7 cm³/mol. The van der Waals surface area contributed by atoms with E-state index in [1.807, 2.05) is 6.07 Å². The van der Waals surface area contributed by atoms with Crippen LogP contribution in [0.25, 0.3) is 11.4 Å². The molecule has 1 aromatic heterocycles. The van der Waals surface area contributed by atoms with E-state index in [9.17, 15) is 9.59 Å². The van der Waals surface area contributed by atoms with Gasteiger partial charge in [0.1, 0.15) is 0 Å². The molecule has 0 saturated heterocycles. The minimum Gasteiger partial charge on any atom is -0.481 e. The topological polar surface area (TPSA) is 110 Å².